The van der Waals surface area contributed by atoms with Gasteiger partial charge in [0.2, 0.25) is 0 Å². The maximum Gasteiger partial charge on any atom is 0.251 e. The average Bonchev–Trinajstić information content (AvgIpc) is 3.30. The standard InChI is InChI=1S/C16H22FNO3/c1-11(8-19)7-18-16(20)13-4-5-15(17)14(6-13)10-21-9-12-2-3-12/h4-6,11-12,19H,2-3,7-10H2,1H3,(H,18,20). The van der Waals surface area contributed by atoms with E-state index in [1.54, 1.807) is 0 Å². The van der Waals surface area contributed by atoms with E-state index in [4.69, 9.17) is 9.84 Å². The molecule has 0 spiro atoms. The highest BCUT2D eigenvalue weighted by Gasteiger charge is 2.21. The fourth-order valence-electron chi connectivity index (χ4n) is 1.88. The van der Waals surface area contributed by atoms with Crippen molar-refractivity contribution in [2.45, 2.75) is 26.4 Å². The Morgan fingerprint density at radius 1 is 1.52 bits per heavy atom. The van der Waals surface area contributed by atoms with Crippen molar-refractivity contribution >= 4 is 5.91 Å². The lowest BCUT2D eigenvalue weighted by atomic mass is 10.1. The summed E-state index contributed by atoms with van der Waals surface area (Å²) in [6, 6.07) is 4.28. The van der Waals surface area contributed by atoms with Gasteiger partial charge in [0.05, 0.1) is 6.61 Å². The van der Waals surface area contributed by atoms with E-state index in [1.807, 2.05) is 6.92 Å². The number of nitrogens with one attached hydrogen (secondary N) is 1. The van der Waals surface area contributed by atoms with Crippen LogP contribution in [0, 0.1) is 17.7 Å². The number of benzene rings is 1. The number of carbonyl (C=O) groups excluding carboxylic acids is 1. The molecule has 2 N–H and O–H groups in total. The summed E-state index contributed by atoms with van der Waals surface area (Å²) >= 11 is 0. The lowest BCUT2D eigenvalue weighted by molar-refractivity contribution is 0.0940. The number of aliphatic hydroxyl groups excluding tert-OH is 1. The molecule has 4 nitrogen and oxygen atoms in total. The first-order valence-corrected chi connectivity index (χ1v) is 7.35. The zero-order valence-corrected chi connectivity index (χ0v) is 12.3. The van der Waals surface area contributed by atoms with Gasteiger partial charge < -0.3 is 15.2 Å². The summed E-state index contributed by atoms with van der Waals surface area (Å²) in [7, 11) is 0. The van der Waals surface area contributed by atoms with Gasteiger partial charge in [-0.05, 0) is 42.9 Å². The molecule has 1 amide bonds. The Morgan fingerprint density at radius 2 is 2.29 bits per heavy atom. The van der Waals surface area contributed by atoms with Gasteiger partial charge in [-0.2, -0.15) is 0 Å². The summed E-state index contributed by atoms with van der Waals surface area (Å²) in [5, 5.41) is 11.6. The van der Waals surface area contributed by atoms with Crippen molar-refractivity contribution in [1.82, 2.24) is 5.32 Å². The van der Waals surface area contributed by atoms with E-state index in [0.717, 1.165) is 0 Å². The van der Waals surface area contributed by atoms with Crippen molar-refractivity contribution in [2.24, 2.45) is 11.8 Å². The number of rotatable bonds is 8. The maximum atomic E-state index is 13.7. The Hall–Kier alpha value is -1.46. The quantitative estimate of drug-likeness (QED) is 0.772. The molecule has 1 aliphatic carbocycles. The van der Waals surface area contributed by atoms with Crippen molar-refractivity contribution in [3.8, 4) is 0 Å². The highest BCUT2D eigenvalue weighted by Crippen LogP contribution is 2.29. The molecule has 0 aliphatic heterocycles. The number of hydrogen-bond acceptors (Lipinski definition) is 3. The van der Waals surface area contributed by atoms with Gasteiger partial charge in [-0.3, -0.25) is 4.79 Å². The Morgan fingerprint density at radius 3 is 2.95 bits per heavy atom. The first-order valence-electron chi connectivity index (χ1n) is 7.35. The van der Waals surface area contributed by atoms with Crippen molar-refractivity contribution in [3.63, 3.8) is 0 Å². The number of carbonyl (C=O) groups is 1. The number of ether oxygens (including phenoxy) is 1. The van der Waals surface area contributed by atoms with E-state index in [0.29, 0.717) is 30.2 Å². The lowest BCUT2D eigenvalue weighted by Crippen LogP contribution is -2.29. The number of aliphatic hydroxyl groups is 1. The summed E-state index contributed by atoms with van der Waals surface area (Å²) in [5.41, 5.74) is 0.810. The fraction of sp³-hybridized carbons (Fsp3) is 0.562. The minimum absolute atomic E-state index is 0.00394. The minimum atomic E-state index is -0.355. The Kier molecular flexibility index (Phi) is 5.70. The molecule has 1 atom stereocenters. The summed E-state index contributed by atoms with van der Waals surface area (Å²) < 4.78 is 19.2. The molecule has 1 unspecified atom stereocenters. The van der Waals surface area contributed by atoms with Crippen LogP contribution in [-0.2, 0) is 11.3 Å². The predicted molar refractivity (Wildman–Crippen MR) is 77.4 cm³/mol. The molecular weight excluding hydrogens is 273 g/mol. The van der Waals surface area contributed by atoms with Crippen LogP contribution in [-0.4, -0.2) is 30.8 Å². The van der Waals surface area contributed by atoms with Crippen molar-refractivity contribution in [3.05, 3.63) is 35.1 Å². The van der Waals surface area contributed by atoms with Crippen LogP contribution >= 0.6 is 0 Å². The fourth-order valence-corrected chi connectivity index (χ4v) is 1.88. The monoisotopic (exact) mass is 295 g/mol. The average molecular weight is 295 g/mol. The summed E-state index contributed by atoms with van der Waals surface area (Å²) in [6.07, 6.45) is 2.38. The van der Waals surface area contributed by atoms with Crippen molar-refractivity contribution in [1.29, 1.82) is 0 Å². The Bertz CT molecular complexity index is 488. The SMILES string of the molecule is CC(CO)CNC(=O)c1ccc(F)c(COCC2CC2)c1. The van der Waals surface area contributed by atoms with Crippen LogP contribution < -0.4 is 5.32 Å². The molecular formula is C16H22FNO3. The minimum Gasteiger partial charge on any atom is -0.396 e. The smallest absolute Gasteiger partial charge is 0.251 e. The van der Waals surface area contributed by atoms with Gasteiger partial charge in [-0.25, -0.2) is 4.39 Å². The molecule has 1 fully saturated rings. The van der Waals surface area contributed by atoms with Gasteiger partial charge in [0.1, 0.15) is 5.82 Å². The van der Waals surface area contributed by atoms with Crippen LogP contribution in [0.1, 0.15) is 35.7 Å². The second kappa shape index (κ2) is 7.52. The summed E-state index contributed by atoms with van der Waals surface area (Å²) in [4.78, 5) is 12.0. The molecule has 1 saturated carbocycles. The van der Waals surface area contributed by atoms with Crippen molar-refractivity contribution < 1.29 is 19.0 Å². The molecule has 0 saturated heterocycles. The van der Waals surface area contributed by atoms with Gasteiger partial charge in [-0.15, -0.1) is 0 Å². The van der Waals surface area contributed by atoms with Gasteiger partial charge in [0, 0.05) is 30.9 Å². The zero-order chi connectivity index (χ0) is 15.2. The molecule has 0 aromatic heterocycles. The molecule has 21 heavy (non-hydrogen) atoms. The highest BCUT2D eigenvalue weighted by molar-refractivity contribution is 5.94. The molecule has 0 heterocycles. The third-order valence-electron chi connectivity index (χ3n) is 3.54. The summed E-state index contributed by atoms with van der Waals surface area (Å²) in [6.45, 7) is 3.09. The van der Waals surface area contributed by atoms with E-state index in [2.05, 4.69) is 5.32 Å². The van der Waals surface area contributed by atoms with E-state index in [-0.39, 0.29) is 30.9 Å². The van der Waals surface area contributed by atoms with Crippen LogP contribution in [0.2, 0.25) is 0 Å². The maximum absolute atomic E-state index is 13.7. The Labute approximate surface area is 124 Å². The van der Waals surface area contributed by atoms with E-state index in [1.165, 1.54) is 31.0 Å². The van der Waals surface area contributed by atoms with Crippen LogP contribution in [0.15, 0.2) is 18.2 Å². The zero-order valence-electron chi connectivity index (χ0n) is 12.3. The van der Waals surface area contributed by atoms with Gasteiger partial charge >= 0.3 is 0 Å². The number of halogens is 1. The normalized spacial score (nSPS) is 15.8. The van der Waals surface area contributed by atoms with E-state index < -0.39 is 0 Å². The molecule has 1 aromatic carbocycles. The lowest BCUT2D eigenvalue weighted by Gasteiger charge is -2.11. The third kappa shape index (κ3) is 5.10. The first kappa shape index (κ1) is 15.9. The second-order valence-electron chi connectivity index (χ2n) is 5.76. The first-order chi connectivity index (χ1) is 10.1. The summed E-state index contributed by atoms with van der Waals surface area (Å²) in [5.74, 6) is 0.0000665. The van der Waals surface area contributed by atoms with E-state index in [9.17, 15) is 9.18 Å². The highest BCUT2D eigenvalue weighted by atomic mass is 19.1. The molecule has 2 rings (SSSR count). The van der Waals surface area contributed by atoms with E-state index >= 15 is 0 Å². The second-order valence-corrected chi connectivity index (χ2v) is 5.76. The van der Waals surface area contributed by atoms with Gasteiger partial charge in [-0.1, -0.05) is 6.92 Å². The van der Waals surface area contributed by atoms with Gasteiger partial charge in [0.15, 0.2) is 0 Å². The molecule has 5 heteroatoms. The number of amides is 1. The largest absolute Gasteiger partial charge is 0.396 e. The molecule has 1 aromatic rings. The molecule has 116 valence electrons. The van der Waals surface area contributed by atoms with Crippen LogP contribution in [0.4, 0.5) is 4.39 Å². The predicted octanol–water partition coefficient (Wildman–Crippen LogP) is 2.11. The van der Waals surface area contributed by atoms with Crippen LogP contribution in [0.5, 0.6) is 0 Å². The molecule has 0 radical (unpaired) electrons. The number of hydrogen-bond donors (Lipinski definition) is 2. The Balaban J connectivity index is 1.90. The molecule has 1 aliphatic rings. The topological polar surface area (TPSA) is 58.6 Å². The van der Waals surface area contributed by atoms with Crippen LogP contribution in [0.25, 0.3) is 0 Å². The van der Waals surface area contributed by atoms with Crippen molar-refractivity contribution in [2.75, 3.05) is 19.8 Å². The molecule has 0 bridgehead atoms. The van der Waals surface area contributed by atoms with Gasteiger partial charge in [0.25, 0.3) is 5.91 Å². The third-order valence-corrected chi connectivity index (χ3v) is 3.54. The van der Waals surface area contributed by atoms with Crippen LogP contribution in [0.3, 0.4) is 0 Å².